The normalized spacial score (nSPS) is 14.2. The van der Waals surface area contributed by atoms with Gasteiger partial charge in [0.05, 0.1) is 6.10 Å². The summed E-state index contributed by atoms with van der Waals surface area (Å²) >= 11 is 0. The van der Waals surface area contributed by atoms with Gasteiger partial charge in [-0.1, -0.05) is 45.0 Å². The molecule has 1 aromatic rings. The Labute approximate surface area is 80.4 Å². The largest absolute Gasteiger partial charge is 0.389 e. The second-order valence-electron chi connectivity index (χ2n) is 4.55. The van der Waals surface area contributed by atoms with Crippen LogP contribution in [-0.2, 0) is 5.41 Å². The van der Waals surface area contributed by atoms with E-state index in [1.165, 1.54) is 5.56 Å². The van der Waals surface area contributed by atoms with Gasteiger partial charge < -0.3 is 5.11 Å². The van der Waals surface area contributed by atoms with E-state index in [0.717, 1.165) is 5.56 Å². The summed E-state index contributed by atoms with van der Waals surface area (Å²) in [5.74, 6) is 0. The van der Waals surface area contributed by atoms with E-state index in [4.69, 9.17) is 0 Å². The Morgan fingerprint density at radius 1 is 1.23 bits per heavy atom. The molecule has 1 nitrogen and oxygen atoms in total. The molecule has 0 spiro atoms. The monoisotopic (exact) mass is 178 g/mol. The molecule has 0 aliphatic carbocycles. The van der Waals surface area contributed by atoms with Crippen molar-refractivity contribution in [3.63, 3.8) is 0 Å². The number of benzene rings is 1. The van der Waals surface area contributed by atoms with Crippen LogP contribution in [0.3, 0.4) is 0 Å². The Morgan fingerprint density at radius 2 is 1.85 bits per heavy atom. The maximum Gasteiger partial charge on any atom is 0.0762 e. The van der Waals surface area contributed by atoms with Gasteiger partial charge in [-0.15, -0.1) is 0 Å². The van der Waals surface area contributed by atoms with Crippen molar-refractivity contribution in [1.82, 2.24) is 0 Å². The molecule has 72 valence electrons. The molecule has 0 bridgehead atoms. The molecule has 0 unspecified atom stereocenters. The van der Waals surface area contributed by atoms with Gasteiger partial charge in [0.2, 0.25) is 0 Å². The fraction of sp³-hybridized carbons (Fsp3) is 0.500. The van der Waals surface area contributed by atoms with Crippen LogP contribution in [0, 0.1) is 0 Å². The van der Waals surface area contributed by atoms with Gasteiger partial charge in [-0.3, -0.25) is 0 Å². The van der Waals surface area contributed by atoms with Gasteiger partial charge in [0.1, 0.15) is 0 Å². The van der Waals surface area contributed by atoms with Gasteiger partial charge in [0.25, 0.3) is 0 Å². The second-order valence-corrected chi connectivity index (χ2v) is 4.55. The summed E-state index contributed by atoms with van der Waals surface area (Å²) in [5.41, 5.74) is 2.42. The Hall–Kier alpha value is -0.820. The highest BCUT2D eigenvalue weighted by molar-refractivity contribution is 5.29. The van der Waals surface area contributed by atoms with E-state index in [1.54, 1.807) is 6.92 Å². The van der Waals surface area contributed by atoms with Crippen LogP contribution in [0.4, 0.5) is 0 Å². The molecule has 1 rings (SSSR count). The zero-order valence-electron chi connectivity index (χ0n) is 8.83. The lowest BCUT2D eigenvalue weighted by Crippen LogP contribution is -2.11. The minimum atomic E-state index is -0.373. The van der Waals surface area contributed by atoms with E-state index in [-0.39, 0.29) is 11.5 Å². The molecule has 0 aliphatic heterocycles. The first-order valence-electron chi connectivity index (χ1n) is 4.70. The Bertz CT molecular complexity index is 281. The van der Waals surface area contributed by atoms with E-state index in [9.17, 15) is 5.11 Å². The van der Waals surface area contributed by atoms with Crippen LogP contribution in [-0.4, -0.2) is 5.11 Å². The van der Waals surface area contributed by atoms with Gasteiger partial charge in [0.15, 0.2) is 0 Å². The summed E-state index contributed by atoms with van der Waals surface area (Å²) < 4.78 is 0. The zero-order chi connectivity index (χ0) is 10.1. The van der Waals surface area contributed by atoms with Crippen LogP contribution in [0.15, 0.2) is 24.3 Å². The molecule has 0 radical (unpaired) electrons. The maximum atomic E-state index is 9.41. The average molecular weight is 178 g/mol. The van der Waals surface area contributed by atoms with Crippen LogP contribution in [0.25, 0.3) is 0 Å². The molecule has 0 heterocycles. The summed E-state index contributed by atoms with van der Waals surface area (Å²) in [5, 5.41) is 9.41. The lowest BCUT2D eigenvalue weighted by atomic mass is 9.86. The van der Waals surface area contributed by atoms with Crippen molar-refractivity contribution >= 4 is 0 Å². The quantitative estimate of drug-likeness (QED) is 0.700. The highest BCUT2D eigenvalue weighted by Crippen LogP contribution is 2.24. The summed E-state index contributed by atoms with van der Waals surface area (Å²) in [4.78, 5) is 0. The van der Waals surface area contributed by atoms with Crippen molar-refractivity contribution in [3.05, 3.63) is 35.4 Å². The summed E-state index contributed by atoms with van der Waals surface area (Å²) in [7, 11) is 0. The number of hydrogen-bond acceptors (Lipinski definition) is 1. The Kier molecular flexibility index (Phi) is 2.77. The van der Waals surface area contributed by atoms with Crippen molar-refractivity contribution in [2.24, 2.45) is 0 Å². The molecule has 0 aromatic heterocycles. The van der Waals surface area contributed by atoms with E-state index in [2.05, 4.69) is 32.9 Å². The van der Waals surface area contributed by atoms with Crippen LogP contribution >= 0.6 is 0 Å². The van der Waals surface area contributed by atoms with Gasteiger partial charge in [-0.05, 0) is 23.5 Å². The van der Waals surface area contributed by atoms with Crippen molar-refractivity contribution in [1.29, 1.82) is 0 Å². The predicted octanol–water partition coefficient (Wildman–Crippen LogP) is 3.04. The number of rotatable bonds is 1. The molecule has 1 aromatic carbocycles. The van der Waals surface area contributed by atoms with E-state index < -0.39 is 0 Å². The minimum absolute atomic E-state index is 0.158. The molecule has 0 aliphatic rings. The third kappa shape index (κ3) is 2.56. The Morgan fingerprint density at radius 3 is 2.31 bits per heavy atom. The summed E-state index contributed by atoms with van der Waals surface area (Å²) in [6.45, 7) is 8.32. The number of aliphatic hydroxyl groups is 1. The third-order valence-electron chi connectivity index (χ3n) is 2.24. The average Bonchev–Trinajstić information content (AvgIpc) is 2.03. The number of aliphatic hydroxyl groups excluding tert-OH is 1. The van der Waals surface area contributed by atoms with E-state index in [1.807, 2.05) is 12.1 Å². The second kappa shape index (κ2) is 3.51. The third-order valence-corrected chi connectivity index (χ3v) is 2.24. The Balaban J connectivity index is 3.06. The summed E-state index contributed by atoms with van der Waals surface area (Å²) in [6.07, 6.45) is -0.373. The van der Waals surface area contributed by atoms with Gasteiger partial charge in [0, 0.05) is 0 Å². The summed E-state index contributed by atoms with van der Waals surface area (Å²) in [6, 6.07) is 8.14. The first-order valence-corrected chi connectivity index (χ1v) is 4.70. The highest BCUT2D eigenvalue weighted by Gasteiger charge is 2.14. The smallest absolute Gasteiger partial charge is 0.0762 e. The lowest BCUT2D eigenvalue weighted by molar-refractivity contribution is 0.199. The van der Waals surface area contributed by atoms with Crippen LogP contribution in [0.1, 0.15) is 44.9 Å². The van der Waals surface area contributed by atoms with Crippen molar-refractivity contribution in [3.8, 4) is 0 Å². The SMILES string of the molecule is C[C@@H](O)c1cccc(C(C)(C)C)c1. The topological polar surface area (TPSA) is 20.2 Å². The molecule has 0 saturated heterocycles. The zero-order valence-corrected chi connectivity index (χ0v) is 8.83. The van der Waals surface area contributed by atoms with Crippen LogP contribution < -0.4 is 0 Å². The molecular weight excluding hydrogens is 160 g/mol. The molecule has 1 N–H and O–H groups in total. The van der Waals surface area contributed by atoms with Crippen molar-refractivity contribution in [2.75, 3.05) is 0 Å². The molecular formula is C12H18O. The van der Waals surface area contributed by atoms with Crippen LogP contribution in [0.5, 0.6) is 0 Å². The molecule has 0 amide bonds. The van der Waals surface area contributed by atoms with E-state index in [0.29, 0.717) is 0 Å². The van der Waals surface area contributed by atoms with Crippen molar-refractivity contribution in [2.45, 2.75) is 39.2 Å². The number of hydrogen-bond donors (Lipinski definition) is 1. The highest BCUT2D eigenvalue weighted by atomic mass is 16.3. The fourth-order valence-corrected chi connectivity index (χ4v) is 1.27. The van der Waals surface area contributed by atoms with Crippen LogP contribution in [0.2, 0.25) is 0 Å². The van der Waals surface area contributed by atoms with Crippen molar-refractivity contribution < 1.29 is 5.11 Å². The van der Waals surface area contributed by atoms with Gasteiger partial charge >= 0.3 is 0 Å². The molecule has 13 heavy (non-hydrogen) atoms. The standard InChI is InChI=1S/C12H18O/c1-9(13)10-6-5-7-11(8-10)12(2,3)4/h5-9,13H,1-4H3/t9-/m1/s1. The van der Waals surface area contributed by atoms with E-state index >= 15 is 0 Å². The molecule has 0 fully saturated rings. The first-order chi connectivity index (χ1) is 5.91. The van der Waals surface area contributed by atoms with Gasteiger partial charge in [-0.25, -0.2) is 0 Å². The fourth-order valence-electron chi connectivity index (χ4n) is 1.27. The molecule has 1 atom stereocenters. The minimum Gasteiger partial charge on any atom is -0.389 e. The lowest BCUT2D eigenvalue weighted by Gasteiger charge is -2.20. The maximum absolute atomic E-state index is 9.41. The van der Waals surface area contributed by atoms with Gasteiger partial charge in [-0.2, -0.15) is 0 Å². The molecule has 0 saturated carbocycles. The molecule has 1 heteroatoms. The predicted molar refractivity (Wildman–Crippen MR) is 55.8 cm³/mol. The first kappa shape index (κ1) is 10.3.